The first-order valence-corrected chi connectivity index (χ1v) is 12.2. The van der Waals surface area contributed by atoms with E-state index in [9.17, 15) is 9.59 Å². The van der Waals surface area contributed by atoms with Crippen molar-refractivity contribution in [3.8, 4) is 0 Å². The first kappa shape index (κ1) is 24.9. The van der Waals surface area contributed by atoms with Gasteiger partial charge in [-0.2, -0.15) is 0 Å². The van der Waals surface area contributed by atoms with Crippen LogP contribution < -0.4 is 0 Å². The summed E-state index contributed by atoms with van der Waals surface area (Å²) in [5, 5.41) is 0. The van der Waals surface area contributed by atoms with Gasteiger partial charge in [0.25, 0.3) is 0 Å². The molecule has 1 aliphatic rings. The van der Waals surface area contributed by atoms with Gasteiger partial charge in [0.1, 0.15) is 11.8 Å². The summed E-state index contributed by atoms with van der Waals surface area (Å²) in [5.74, 6) is -0.650. The second-order valence-corrected chi connectivity index (χ2v) is 11.0. The van der Waals surface area contributed by atoms with Crippen molar-refractivity contribution >= 4 is 11.8 Å². The number of likely N-dealkylation sites (tertiary alicyclic amines) is 1. The molecule has 1 aliphatic heterocycles. The fourth-order valence-electron chi connectivity index (χ4n) is 4.83. The second-order valence-electron chi connectivity index (χ2n) is 11.0. The summed E-state index contributed by atoms with van der Waals surface area (Å²) in [6.45, 7) is 11.3. The molecular formula is C31H35NO3. The third-order valence-corrected chi connectivity index (χ3v) is 7.29. The Balaban J connectivity index is 1.98. The highest BCUT2D eigenvalue weighted by Crippen LogP contribution is 2.49. The SMILES string of the molecule is CC1[C@H](OC(c2ccccc2)(c2ccccc2)c2ccccc2)N(C(=O)C(C)(C)C)C(=O)C1(C)C. The van der Waals surface area contributed by atoms with E-state index in [0.717, 1.165) is 16.7 Å². The van der Waals surface area contributed by atoms with Crippen molar-refractivity contribution in [3.05, 3.63) is 108 Å². The molecule has 1 fully saturated rings. The minimum absolute atomic E-state index is 0.196. The lowest BCUT2D eigenvalue weighted by atomic mass is 9.79. The summed E-state index contributed by atoms with van der Waals surface area (Å²) >= 11 is 0. The van der Waals surface area contributed by atoms with E-state index in [0.29, 0.717) is 0 Å². The number of amides is 2. The van der Waals surface area contributed by atoms with Crippen molar-refractivity contribution in [2.24, 2.45) is 16.7 Å². The Hall–Kier alpha value is -3.24. The molecule has 0 spiro atoms. The van der Waals surface area contributed by atoms with E-state index in [-0.39, 0.29) is 17.7 Å². The maximum absolute atomic E-state index is 13.7. The average molecular weight is 470 g/mol. The van der Waals surface area contributed by atoms with Crippen LogP contribution in [0, 0.1) is 16.7 Å². The molecule has 0 radical (unpaired) electrons. The predicted molar refractivity (Wildman–Crippen MR) is 138 cm³/mol. The van der Waals surface area contributed by atoms with E-state index in [1.165, 1.54) is 4.90 Å². The van der Waals surface area contributed by atoms with Gasteiger partial charge in [-0.05, 0) is 16.7 Å². The number of nitrogens with zero attached hydrogens (tertiary/aromatic N) is 1. The Labute approximate surface area is 208 Å². The first-order chi connectivity index (χ1) is 16.5. The lowest BCUT2D eigenvalue weighted by Gasteiger charge is -2.41. The van der Waals surface area contributed by atoms with Crippen LogP contribution in [-0.2, 0) is 19.9 Å². The van der Waals surface area contributed by atoms with Gasteiger partial charge in [-0.25, -0.2) is 0 Å². The van der Waals surface area contributed by atoms with Gasteiger partial charge in [0, 0.05) is 11.3 Å². The van der Waals surface area contributed by atoms with Crippen LogP contribution in [0.1, 0.15) is 58.2 Å². The van der Waals surface area contributed by atoms with Crippen molar-refractivity contribution in [2.45, 2.75) is 53.4 Å². The maximum atomic E-state index is 13.7. The Kier molecular flexibility index (Phi) is 6.46. The van der Waals surface area contributed by atoms with Crippen LogP contribution in [0.25, 0.3) is 0 Å². The zero-order valence-electron chi connectivity index (χ0n) is 21.5. The molecule has 182 valence electrons. The third kappa shape index (κ3) is 4.21. The largest absolute Gasteiger partial charge is 0.337 e. The van der Waals surface area contributed by atoms with Crippen LogP contribution in [0.15, 0.2) is 91.0 Å². The van der Waals surface area contributed by atoms with Gasteiger partial charge in [0.15, 0.2) is 0 Å². The van der Waals surface area contributed by atoms with Gasteiger partial charge < -0.3 is 4.74 Å². The zero-order valence-corrected chi connectivity index (χ0v) is 21.5. The maximum Gasteiger partial charge on any atom is 0.237 e. The molecule has 0 bridgehead atoms. The van der Waals surface area contributed by atoms with Crippen molar-refractivity contribution < 1.29 is 14.3 Å². The van der Waals surface area contributed by atoms with Gasteiger partial charge in [-0.3, -0.25) is 14.5 Å². The Bertz CT molecular complexity index is 1080. The Morgan fingerprint density at radius 3 is 1.49 bits per heavy atom. The molecule has 1 unspecified atom stereocenters. The van der Waals surface area contributed by atoms with Crippen LogP contribution in [0.2, 0.25) is 0 Å². The highest BCUT2D eigenvalue weighted by Gasteiger charge is 2.58. The fraction of sp³-hybridized carbons (Fsp3) is 0.355. The van der Waals surface area contributed by atoms with Crippen molar-refractivity contribution in [2.75, 3.05) is 0 Å². The highest BCUT2D eigenvalue weighted by molar-refractivity contribution is 6.02. The average Bonchev–Trinajstić information content (AvgIpc) is 3.02. The van der Waals surface area contributed by atoms with Crippen molar-refractivity contribution in [1.82, 2.24) is 4.90 Å². The summed E-state index contributed by atoms with van der Waals surface area (Å²) in [7, 11) is 0. The van der Waals surface area contributed by atoms with E-state index >= 15 is 0 Å². The van der Waals surface area contributed by atoms with Gasteiger partial charge in [0.2, 0.25) is 11.8 Å². The molecule has 0 saturated carbocycles. The summed E-state index contributed by atoms with van der Waals surface area (Å²) in [5.41, 5.74) is 0.299. The Morgan fingerprint density at radius 2 is 1.14 bits per heavy atom. The minimum Gasteiger partial charge on any atom is -0.337 e. The molecule has 0 N–H and O–H groups in total. The number of ether oxygens (including phenoxy) is 1. The predicted octanol–water partition coefficient (Wildman–Crippen LogP) is 6.40. The number of carbonyl (C=O) groups is 2. The van der Waals surface area contributed by atoms with Crippen molar-refractivity contribution in [1.29, 1.82) is 0 Å². The second kappa shape index (κ2) is 9.09. The molecule has 1 saturated heterocycles. The van der Waals surface area contributed by atoms with E-state index in [4.69, 9.17) is 4.74 Å². The fourth-order valence-corrected chi connectivity index (χ4v) is 4.83. The molecule has 4 heteroatoms. The molecule has 3 aromatic carbocycles. The third-order valence-electron chi connectivity index (χ3n) is 7.29. The number of imide groups is 1. The zero-order chi connectivity index (χ0) is 25.4. The van der Waals surface area contributed by atoms with Gasteiger partial charge in [-0.15, -0.1) is 0 Å². The topological polar surface area (TPSA) is 46.6 Å². The first-order valence-electron chi connectivity index (χ1n) is 12.2. The molecule has 3 aromatic rings. The van der Waals surface area contributed by atoms with Crippen LogP contribution in [0.5, 0.6) is 0 Å². The van der Waals surface area contributed by atoms with Crippen molar-refractivity contribution in [3.63, 3.8) is 0 Å². The summed E-state index contributed by atoms with van der Waals surface area (Å²) in [6, 6.07) is 30.1. The molecule has 2 amide bonds. The summed E-state index contributed by atoms with van der Waals surface area (Å²) in [6.07, 6.45) is -0.746. The molecule has 4 nitrogen and oxygen atoms in total. The van der Waals surface area contributed by atoms with Crippen LogP contribution in [0.4, 0.5) is 0 Å². The van der Waals surface area contributed by atoms with E-state index in [1.54, 1.807) is 0 Å². The van der Waals surface area contributed by atoms with Crippen LogP contribution >= 0.6 is 0 Å². The smallest absolute Gasteiger partial charge is 0.237 e. The number of hydrogen-bond donors (Lipinski definition) is 0. The molecular weight excluding hydrogens is 434 g/mol. The number of benzene rings is 3. The monoisotopic (exact) mass is 469 g/mol. The number of rotatable bonds is 5. The molecule has 2 atom stereocenters. The minimum atomic E-state index is -1.03. The van der Waals surface area contributed by atoms with Gasteiger partial charge >= 0.3 is 0 Å². The molecule has 0 aromatic heterocycles. The lowest BCUT2D eigenvalue weighted by molar-refractivity contribution is -0.171. The molecule has 1 heterocycles. The number of carbonyl (C=O) groups excluding carboxylic acids is 2. The van der Waals surface area contributed by atoms with Gasteiger partial charge in [0.05, 0.1) is 5.41 Å². The van der Waals surface area contributed by atoms with Crippen LogP contribution in [0.3, 0.4) is 0 Å². The van der Waals surface area contributed by atoms with Gasteiger partial charge in [-0.1, -0.05) is 133 Å². The van der Waals surface area contributed by atoms with E-state index < -0.39 is 22.7 Å². The normalized spacial score (nSPS) is 20.2. The number of hydrogen-bond acceptors (Lipinski definition) is 3. The lowest BCUT2D eigenvalue weighted by Crippen LogP contribution is -2.50. The molecule has 0 aliphatic carbocycles. The molecule has 4 rings (SSSR count). The Morgan fingerprint density at radius 1 is 0.771 bits per heavy atom. The van der Waals surface area contributed by atoms with E-state index in [1.807, 2.05) is 133 Å². The van der Waals surface area contributed by atoms with Crippen LogP contribution in [-0.4, -0.2) is 22.9 Å². The van der Waals surface area contributed by atoms with E-state index in [2.05, 4.69) is 0 Å². The molecule has 35 heavy (non-hydrogen) atoms. The quantitative estimate of drug-likeness (QED) is 0.406. The summed E-state index contributed by atoms with van der Waals surface area (Å²) in [4.78, 5) is 28.7. The standard InChI is InChI=1S/C31H35NO3/c1-22-26(32(27(33)29(2,3)4)28(34)30(22,5)6)35-31(23-16-10-7-11-17-23,24-18-12-8-13-19-24)25-20-14-9-15-21-25/h7-22,26H,1-6H3/t22?,26-/m0/s1. The summed E-state index contributed by atoms with van der Waals surface area (Å²) < 4.78 is 7.19. The highest BCUT2D eigenvalue weighted by atomic mass is 16.5.